The first-order valence-electron chi connectivity index (χ1n) is 14.8. The molecule has 0 heterocycles. The second-order valence-electron chi connectivity index (χ2n) is 12.1. The molecule has 0 amide bonds. The lowest BCUT2D eigenvalue weighted by Gasteiger charge is -2.63. The van der Waals surface area contributed by atoms with Crippen LogP contribution < -0.4 is 4.74 Å². The fourth-order valence-electron chi connectivity index (χ4n) is 8.50. The summed E-state index contributed by atoms with van der Waals surface area (Å²) < 4.78 is 12.5. The third-order valence-electron chi connectivity index (χ3n) is 9.83. The molecule has 7 rings (SSSR count). The average Bonchev–Trinajstić information content (AvgIpc) is 2.96. The average molecular weight is 542 g/mol. The van der Waals surface area contributed by atoms with Gasteiger partial charge in [0.1, 0.15) is 11.4 Å². The van der Waals surface area contributed by atoms with Crippen LogP contribution in [-0.4, -0.2) is 18.2 Å². The molecule has 0 aromatic heterocycles. The fraction of sp³-hybridized carbons (Fsp3) is 0.457. The van der Waals surface area contributed by atoms with Crippen molar-refractivity contribution < 1.29 is 14.3 Å². The topological polar surface area (TPSA) is 35.5 Å². The summed E-state index contributed by atoms with van der Waals surface area (Å²) in [6.07, 6.45) is 9.67. The molecule has 4 bridgehead atoms. The van der Waals surface area contributed by atoms with E-state index >= 15 is 0 Å². The monoisotopic (exact) mass is 541 g/mol. The van der Waals surface area contributed by atoms with Crippen molar-refractivity contribution in [3.63, 3.8) is 0 Å². The summed E-state index contributed by atoms with van der Waals surface area (Å²) in [7, 11) is -0.205. The fourth-order valence-corrected chi connectivity index (χ4v) is 10.6. The first-order valence-corrected chi connectivity index (χ1v) is 16.0. The molecule has 0 radical (unpaired) electrons. The first-order chi connectivity index (χ1) is 19.0. The van der Waals surface area contributed by atoms with Crippen LogP contribution in [-0.2, 0) is 20.4 Å². The van der Waals surface area contributed by atoms with Crippen molar-refractivity contribution in [3.05, 3.63) is 84.9 Å². The number of hydrogen-bond acceptors (Lipinski definition) is 3. The Labute approximate surface area is 236 Å². The Morgan fingerprint density at radius 2 is 1.21 bits per heavy atom. The number of carbonyl (C=O) groups is 1. The van der Waals surface area contributed by atoms with Gasteiger partial charge in [-0.25, -0.2) is 4.79 Å². The summed E-state index contributed by atoms with van der Waals surface area (Å²) >= 11 is 0. The molecule has 4 heteroatoms. The van der Waals surface area contributed by atoms with Gasteiger partial charge < -0.3 is 9.47 Å². The van der Waals surface area contributed by atoms with Crippen LogP contribution in [0.5, 0.6) is 5.75 Å². The summed E-state index contributed by atoms with van der Waals surface area (Å²) in [4.78, 5) is 17.0. The van der Waals surface area contributed by atoms with E-state index in [0.717, 1.165) is 30.6 Å². The Bertz CT molecular complexity index is 1180. The van der Waals surface area contributed by atoms with Gasteiger partial charge in [-0.15, -0.1) is 0 Å². The second-order valence-corrected chi connectivity index (χ2v) is 14.1. The lowest BCUT2D eigenvalue weighted by Crippen LogP contribution is -2.59. The number of benzene rings is 3. The smallest absolute Gasteiger partial charge is 0.344 e. The summed E-state index contributed by atoms with van der Waals surface area (Å²) in [6.45, 7) is 4.38. The summed E-state index contributed by atoms with van der Waals surface area (Å²) in [6, 6.07) is 29.5. The quantitative estimate of drug-likeness (QED) is 0.191. The molecule has 0 unspecified atom stereocenters. The Morgan fingerprint density at radius 1 is 0.744 bits per heavy atom. The van der Waals surface area contributed by atoms with Gasteiger partial charge in [0.25, 0.3) is 0 Å². The van der Waals surface area contributed by atoms with Crippen molar-refractivity contribution in [2.45, 2.75) is 85.5 Å². The molecule has 39 heavy (non-hydrogen) atoms. The number of rotatable bonds is 10. The Morgan fingerprint density at radius 3 is 1.67 bits per heavy atom. The number of carbonyl (C=O) groups excluding carboxylic acids is 1. The summed E-state index contributed by atoms with van der Waals surface area (Å²) in [5.74, 6) is 2.97. The predicted octanol–water partition coefficient (Wildman–Crippen LogP) is 8.48. The van der Waals surface area contributed by atoms with Gasteiger partial charge in [0.2, 0.25) is 0 Å². The largest absolute Gasteiger partial charge is 0.482 e. The van der Waals surface area contributed by atoms with E-state index in [2.05, 4.69) is 86.6 Å². The lowest BCUT2D eigenvalue weighted by molar-refractivity contribution is -0.213. The standard InChI is InChI=1S/C35H41O3S/c1-3-35(4-2,34-22-26-19-27(23-34)21-28(20-26)24-34)38-33(36)25-37-29-15-17-32(18-16-29)39(30-11-7-5-8-12-30)31-13-9-6-10-14-31/h5-18,26-28H,3-4,19-25H2,1-2H3/q+1. The van der Waals surface area contributed by atoms with Crippen LogP contribution in [0.3, 0.4) is 0 Å². The maximum atomic E-state index is 13.2. The first kappa shape index (κ1) is 26.5. The molecule has 3 aromatic rings. The highest BCUT2D eigenvalue weighted by Gasteiger charge is 2.61. The Balaban J connectivity index is 1.14. The zero-order chi connectivity index (χ0) is 26.9. The third-order valence-corrected chi connectivity index (χ3v) is 12.1. The SMILES string of the molecule is CCC(CC)(OC(=O)COc1ccc([S+](c2ccccc2)c2ccccc2)cc1)C12CC3CC(CC(C3)C1)C2. The van der Waals surface area contributed by atoms with Crippen LogP contribution in [0, 0.1) is 23.2 Å². The molecule has 4 fully saturated rings. The van der Waals surface area contributed by atoms with Crippen molar-refractivity contribution in [2.24, 2.45) is 23.2 Å². The highest BCUT2D eigenvalue weighted by molar-refractivity contribution is 7.97. The van der Waals surface area contributed by atoms with Crippen molar-refractivity contribution in [1.29, 1.82) is 0 Å². The molecule has 0 spiro atoms. The van der Waals surface area contributed by atoms with Crippen LogP contribution >= 0.6 is 0 Å². The van der Waals surface area contributed by atoms with Gasteiger partial charge in [0.15, 0.2) is 21.3 Å². The van der Waals surface area contributed by atoms with Crippen LogP contribution in [0.25, 0.3) is 0 Å². The van der Waals surface area contributed by atoms with E-state index in [9.17, 15) is 4.79 Å². The minimum atomic E-state index is -0.368. The van der Waals surface area contributed by atoms with Crippen molar-refractivity contribution in [3.8, 4) is 5.75 Å². The summed E-state index contributed by atoms with van der Waals surface area (Å²) in [5.41, 5.74) is -0.208. The molecule has 4 saturated carbocycles. The van der Waals surface area contributed by atoms with E-state index < -0.39 is 0 Å². The van der Waals surface area contributed by atoms with Gasteiger partial charge in [-0.2, -0.15) is 0 Å². The molecule has 204 valence electrons. The van der Waals surface area contributed by atoms with Gasteiger partial charge in [-0.1, -0.05) is 50.2 Å². The molecule has 3 nitrogen and oxygen atoms in total. The molecule has 0 aliphatic heterocycles. The number of ether oxygens (including phenoxy) is 2. The zero-order valence-electron chi connectivity index (χ0n) is 23.3. The van der Waals surface area contributed by atoms with Gasteiger partial charge in [-0.05, 0) is 118 Å². The lowest BCUT2D eigenvalue weighted by atomic mass is 9.44. The van der Waals surface area contributed by atoms with Gasteiger partial charge >= 0.3 is 5.97 Å². The molecule has 0 saturated heterocycles. The zero-order valence-corrected chi connectivity index (χ0v) is 24.1. The van der Waals surface area contributed by atoms with E-state index in [0.29, 0.717) is 5.75 Å². The molecule has 4 aliphatic rings. The second kappa shape index (κ2) is 11.0. The minimum absolute atomic E-state index is 0.0451. The number of hydrogen-bond donors (Lipinski definition) is 0. The van der Waals surface area contributed by atoms with E-state index in [4.69, 9.17) is 9.47 Å². The van der Waals surface area contributed by atoms with Crippen LogP contribution in [0.15, 0.2) is 99.6 Å². The third kappa shape index (κ3) is 5.13. The van der Waals surface area contributed by atoms with E-state index in [-0.39, 0.29) is 34.5 Å². The molecular formula is C35H41O3S+. The molecule has 3 aromatic carbocycles. The highest BCUT2D eigenvalue weighted by atomic mass is 32.2. The Hall–Kier alpha value is -2.72. The summed E-state index contributed by atoms with van der Waals surface area (Å²) in [5, 5.41) is 0. The molecule has 4 aliphatic carbocycles. The minimum Gasteiger partial charge on any atom is -0.482 e. The van der Waals surface area contributed by atoms with Gasteiger partial charge in [-0.3, -0.25) is 0 Å². The normalized spacial score (nSPS) is 25.6. The highest BCUT2D eigenvalue weighted by Crippen LogP contribution is 2.65. The predicted molar refractivity (Wildman–Crippen MR) is 157 cm³/mol. The molecular weight excluding hydrogens is 500 g/mol. The number of esters is 1. The van der Waals surface area contributed by atoms with Gasteiger partial charge in [0.05, 0.1) is 10.9 Å². The van der Waals surface area contributed by atoms with Gasteiger partial charge in [0, 0.05) is 5.41 Å². The van der Waals surface area contributed by atoms with Crippen LogP contribution in [0.4, 0.5) is 0 Å². The maximum Gasteiger partial charge on any atom is 0.344 e. The van der Waals surface area contributed by atoms with Crippen molar-refractivity contribution >= 4 is 16.9 Å². The van der Waals surface area contributed by atoms with Crippen molar-refractivity contribution in [2.75, 3.05) is 6.61 Å². The van der Waals surface area contributed by atoms with E-state index in [1.54, 1.807) is 0 Å². The molecule has 0 N–H and O–H groups in total. The van der Waals surface area contributed by atoms with Crippen LogP contribution in [0.1, 0.15) is 65.2 Å². The van der Waals surface area contributed by atoms with Crippen LogP contribution in [0.2, 0.25) is 0 Å². The van der Waals surface area contributed by atoms with E-state index in [1.165, 1.54) is 53.2 Å². The maximum absolute atomic E-state index is 13.2. The van der Waals surface area contributed by atoms with E-state index in [1.807, 2.05) is 12.1 Å². The van der Waals surface area contributed by atoms with Crippen molar-refractivity contribution in [1.82, 2.24) is 0 Å². The Kier molecular flexibility index (Phi) is 7.50. The molecule has 0 atom stereocenters.